The number of sulfonamides is 1. The average Bonchev–Trinajstić information content (AvgIpc) is 3.13. The topological polar surface area (TPSA) is 122 Å². The van der Waals surface area contributed by atoms with Gasteiger partial charge in [-0.3, -0.25) is 4.79 Å². The summed E-state index contributed by atoms with van der Waals surface area (Å²) in [6.07, 6.45) is 3.09. The first-order valence-corrected chi connectivity index (χ1v) is 11.2. The number of aliphatic hydroxyl groups excluding tert-OH is 1. The van der Waals surface area contributed by atoms with E-state index in [1.807, 2.05) is 6.07 Å². The molecule has 0 spiro atoms. The van der Waals surface area contributed by atoms with Crippen molar-refractivity contribution in [2.24, 2.45) is 5.92 Å². The Bertz CT molecular complexity index is 1160. The van der Waals surface area contributed by atoms with Gasteiger partial charge in [0, 0.05) is 17.7 Å². The standard InChI is InChI=1S/C19H19N3O5S2/c1-12-17(14-5-3-2-4-6-14)19(12,18(24)25)21-29(26,27)16-8-7-15(28-16)22-10-13(11-23)9-20-22/h2-10,12,17,21,23H,11H2,1H3,(H,24,25)/t12-,17-,19+/m1/s1. The summed E-state index contributed by atoms with van der Waals surface area (Å²) in [5.74, 6) is -2.04. The zero-order valence-electron chi connectivity index (χ0n) is 15.4. The molecule has 3 atom stereocenters. The minimum absolute atomic E-state index is 0.0000788. The smallest absolute Gasteiger partial charge is 0.325 e. The van der Waals surface area contributed by atoms with Crippen molar-refractivity contribution in [3.63, 3.8) is 0 Å². The van der Waals surface area contributed by atoms with Gasteiger partial charge in [0.05, 0.1) is 12.8 Å². The number of hydrogen-bond acceptors (Lipinski definition) is 6. The van der Waals surface area contributed by atoms with Gasteiger partial charge in [-0.1, -0.05) is 37.3 Å². The quantitative estimate of drug-likeness (QED) is 0.524. The Morgan fingerprint density at radius 2 is 2.00 bits per heavy atom. The van der Waals surface area contributed by atoms with Crippen molar-refractivity contribution in [2.45, 2.75) is 29.2 Å². The third kappa shape index (κ3) is 3.27. The molecule has 1 aromatic carbocycles. The van der Waals surface area contributed by atoms with Gasteiger partial charge in [0.2, 0.25) is 0 Å². The number of carbonyl (C=O) groups is 1. The molecule has 4 rings (SSSR count). The first-order valence-electron chi connectivity index (χ1n) is 8.86. The Morgan fingerprint density at radius 1 is 1.28 bits per heavy atom. The molecule has 0 bridgehead atoms. The van der Waals surface area contributed by atoms with E-state index in [1.165, 1.54) is 16.9 Å². The Hall–Kier alpha value is -2.53. The first-order chi connectivity index (χ1) is 13.8. The molecule has 1 saturated carbocycles. The molecule has 1 aliphatic rings. The number of aromatic nitrogens is 2. The molecular weight excluding hydrogens is 414 g/mol. The number of rotatable bonds is 7. The van der Waals surface area contributed by atoms with Gasteiger partial charge in [-0.25, -0.2) is 13.1 Å². The lowest BCUT2D eigenvalue weighted by atomic mass is 10.1. The number of aliphatic carboxylic acids is 1. The number of nitrogens with zero attached hydrogens (tertiary/aromatic N) is 2. The van der Waals surface area contributed by atoms with Crippen LogP contribution in [0.15, 0.2) is 59.1 Å². The molecule has 152 valence electrons. The number of hydrogen-bond donors (Lipinski definition) is 3. The van der Waals surface area contributed by atoms with E-state index in [0.717, 1.165) is 16.9 Å². The Morgan fingerprint density at radius 3 is 2.62 bits per heavy atom. The van der Waals surface area contributed by atoms with Crippen LogP contribution in [0, 0.1) is 5.92 Å². The van der Waals surface area contributed by atoms with Crippen molar-refractivity contribution in [3.05, 3.63) is 66.0 Å². The maximum atomic E-state index is 13.0. The number of carboxylic acids is 1. The van der Waals surface area contributed by atoms with E-state index in [-0.39, 0.29) is 10.8 Å². The van der Waals surface area contributed by atoms with Gasteiger partial charge in [-0.2, -0.15) is 9.82 Å². The van der Waals surface area contributed by atoms with Crippen molar-refractivity contribution in [1.29, 1.82) is 0 Å². The van der Waals surface area contributed by atoms with Gasteiger partial charge < -0.3 is 10.2 Å². The van der Waals surface area contributed by atoms with E-state index in [2.05, 4.69) is 9.82 Å². The molecule has 8 nitrogen and oxygen atoms in total. The molecule has 10 heteroatoms. The first kappa shape index (κ1) is 19.8. The summed E-state index contributed by atoms with van der Waals surface area (Å²) in [5, 5.41) is 23.6. The lowest BCUT2D eigenvalue weighted by Gasteiger charge is -2.15. The molecule has 0 amide bonds. The Balaban J connectivity index is 1.63. The molecule has 0 radical (unpaired) electrons. The normalized spacial score (nSPS) is 23.8. The highest BCUT2D eigenvalue weighted by Crippen LogP contribution is 2.58. The summed E-state index contributed by atoms with van der Waals surface area (Å²) in [7, 11) is -4.06. The third-order valence-electron chi connectivity index (χ3n) is 5.29. The zero-order chi connectivity index (χ0) is 20.8. The minimum Gasteiger partial charge on any atom is -0.480 e. The van der Waals surface area contributed by atoms with Gasteiger partial charge in [-0.15, -0.1) is 11.3 Å². The highest BCUT2D eigenvalue weighted by atomic mass is 32.2. The van der Waals surface area contributed by atoms with Crippen LogP contribution in [0.1, 0.15) is 24.0 Å². The molecule has 1 fully saturated rings. The van der Waals surface area contributed by atoms with Crippen molar-refractivity contribution in [3.8, 4) is 5.00 Å². The van der Waals surface area contributed by atoms with Crippen LogP contribution < -0.4 is 4.72 Å². The summed E-state index contributed by atoms with van der Waals surface area (Å²) in [5.41, 5.74) is -0.201. The van der Waals surface area contributed by atoms with Crippen LogP contribution in [-0.4, -0.2) is 39.9 Å². The molecule has 0 unspecified atom stereocenters. The fraction of sp³-hybridized carbons (Fsp3) is 0.263. The largest absolute Gasteiger partial charge is 0.480 e. The predicted octanol–water partition coefficient (Wildman–Crippen LogP) is 1.96. The van der Waals surface area contributed by atoms with Crippen LogP contribution in [0.25, 0.3) is 5.00 Å². The fourth-order valence-corrected chi connectivity index (χ4v) is 6.40. The van der Waals surface area contributed by atoms with Crippen LogP contribution in [0.4, 0.5) is 0 Å². The van der Waals surface area contributed by atoms with Crippen molar-refractivity contribution < 1.29 is 23.4 Å². The lowest BCUT2D eigenvalue weighted by Crippen LogP contribution is -2.45. The van der Waals surface area contributed by atoms with Gasteiger partial charge in [-0.05, 0) is 23.6 Å². The van der Waals surface area contributed by atoms with Crippen LogP contribution in [0.5, 0.6) is 0 Å². The number of aliphatic hydroxyl groups is 1. The van der Waals surface area contributed by atoms with Gasteiger partial charge >= 0.3 is 5.97 Å². The van der Waals surface area contributed by atoms with E-state index in [4.69, 9.17) is 5.11 Å². The van der Waals surface area contributed by atoms with Crippen molar-refractivity contribution >= 4 is 27.3 Å². The summed E-state index contributed by atoms with van der Waals surface area (Å²) in [4.78, 5) is 12.1. The van der Waals surface area contributed by atoms with Crippen LogP contribution >= 0.6 is 11.3 Å². The summed E-state index contributed by atoms with van der Waals surface area (Å²) in [6, 6.07) is 12.1. The van der Waals surface area contributed by atoms with Crippen LogP contribution in [-0.2, 0) is 21.4 Å². The highest BCUT2D eigenvalue weighted by molar-refractivity contribution is 7.91. The van der Waals surface area contributed by atoms with Crippen LogP contribution in [0.3, 0.4) is 0 Å². The minimum atomic E-state index is -4.06. The second kappa shape index (κ2) is 7.06. The molecule has 3 aromatic rings. The number of benzene rings is 1. The monoisotopic (exact) mass is 433 g/mol. The number of thiophene rings is 1. The van der Waals surface area contributed by atoms with E-state index < -0.39 is 33.4 Å². The molecule has 29 heavy (non-hydrogen) atoms. The molecule has 3 N–H and O–H groups in total. The Labute approximate surface area is 171 Å². The van der Waals surface area contributed by atoms with Gasteiger partial charge in [0.25, 0.3) is 10.0 Å². The zero-order valence-corrected chi connectivity index (χ0v) is 17.0. The average molecular weight is 434 g/mol. The highest BCUT2D eigenvalue weighted by Gasteiger charge is 2.70. The second-order valence-electron chi connectivity index (χ2n) is 7.00. The number of nitrogens with one attached hydrogen (secondary N) is 1. The molecule has 2 aromatic heterocycles. The van der Waals surface area contributed by atoms with Crippen molar-refractivity contribution in [1.82, 2.24) is 14.5 Å². The van der Waals surface area contributed by atoms with Crippen LogP contribution in [0.2, 0.25) is 0 Å². The van der Waals surface area contributed by atoms with E-state index >= 15 is 0 Å². The summed E-state index contributed by atoms with van der Waals surface area (Å²) in [6.45, 7) is 1.56. The molecule has 1 aliphatic carbocycles. The summed E-state index contributed by atoms with van der Waals surface area (Å²) >= 11 is 0.971. The molecular formula is C19H19N3O5S2. The van der Waals surface area contributed by atoms with Crippen molar-refractivity contribution in [2.75, 3.05) is 0 Å². The summed E-state index contributed by atoms with van der Waals surface area (Å²) < 4.78 is 29.9. The predicted molar refractivity (Wildman–Crippen MR) is 106 cm³/mol. The van der Waals surface area contributed by atoms with Gasteiger partial charge in [0.15, 0.2) is 0 Å². The van der Waals surface area contributed by atoms with E-state index in [0.29, 0.717) is 10.6 Å². The fourth-order valence-electron chi connectivity index (χ4n) is 3.71. The van der Waals surface area contributed by atoms with E-state index in [1.54, 1.807) is 43.5 Å². The lowest BCUT2D eigenvalue weighted by molar-refractivity contribution is -0.140. The number of carboxylic acid groups (broad SMARTS) is 1. The second-order valence-corrected chi connectivity index (χ2v) is 9.97. The SMILES string of the molecule is C[C@@H]1[C@H](c2ccccc2)[C@]1(NS(=O)(=O)c1ccc(-n2cc(CO)cn2)s1)C(=O)O. The maximum Gasteiger partial charge on any atom is 0.325 e. The third-order valence-corrected chi connectivity index (χ3v) is 8.34. The van der Waals surface area contributed by atoms with Gasteiger partial charge in [0.1, 0.15) is 14.7 Å². The molecule has 2 heterocycles. The Kier molecular flexibility index (Phi) is 4.82. The molecule has 0 aliphatic heterocycles. The van der Waals surface area contributed by atoms with E-state index in [9.17, 15) is 18.3 Å². The molecule has 0 saturated heterocycles. The maximum absolute atomic E-state index is 13.0.